The van der Waals surface area contributed by atoms with Gasteiger partial charge in [-0.2, -0.15) is 0 Å². The summed E-state index contributed by atoms with van der Waals surface area (Å²) < 4.78 is 20.0. The lowest BCUT2D eigenvalue weighted by Gasteiger charge is -2.36. The number of carbonyl (C=O) groups excluding carboxylic acids is 5. The summed E-state index contributed by atoms with van der Waals surface area (Å²) in [5.74, 6) is -2.26. The monoisotopic (exact) mass is 786 g/mol. The molecule has 1 aromatic carbocycles. The molecule has 13 nitrogen and oxygen atoms in total. The van der Waals surface area contributed by atoms with Gasteiger partial charge >= 0.3 is 6.09 Å². The molecular formula is C40H59FN6O7S. The molecule has 4 N–H and O–H groups in total. The van der Waals surface area contributed by atoms with Crippen LogP contribution in [0.25, 0.3) is 10.4 Å². The first-order valence-electron chi connectivity index (χ1n) is 19.2. The number of unbranched alkanes of at least 4 members (excludes halogenated alkanes) is 3. The molecule has 1 aromatic heterocycles. The van der Waals surface area contributed by atoms with E-state index in [2.05, 4.69) is 20.9 Å². The van der Waals surface area contributed by atoms with Gasteiger partial charge < -0.3 is 35.6 Å². The Bertz CT molecular complexity index is 1670. The fourth-order valence-electron chi connectivity index (χ4n) is 6.43. The molecule has 55 heavy (non-hydrogen) atoms. The number of aliphatic hydroxyl groups is 1. The van der Waals surface area contributed by atoms with E-state index in [0.717, 1.165) is 41.8 Å². The van der Waals surface area contributed by atoms with Crippen LogP contribution in [-0.2, 0) is 23.9 Å². The Kier molecular flexibility index (Phi) is 14.5. The Labute approximate surface area is 328 Å². The number of aryl methyl sites for hydroxylation is 1. The maximum Gasteiger partial charge on any atom is 0.410 e. The zero-order valence-electron chi connectivity index (χ0n) is 33.5. The smallest absolute Gasteiger partial charge is 0.410 e. The molecule has 304 valence electrons. The highest BCUT2D eigenvalue weighted by Crippen LogP contribution is 2.40. The molecule has 0 radical (unpaired) electrons. The molecule has 2 heterocycles. The van der Waals surface area contributed by atoms with Crippen molar-refractivity contribution >= 4 is 41.1 Å². The van der Waals surface area contributed by atoms with Crippen LogP contribution in [0.1, 0.15) is 110 Å². The molecule has 1 saturated carbocycles. The lowest BCUT2D eigenvalue weighted by Crippen LogP contribution is -2.59. The minimum Gasteiger partial charge on any atom is -0.444 e. The summed E-state index contributed by atoms with van der Waals surface area (Å²) in [5, 5.41) is 19.2. The normalized spacial score (nSPS) is 18.9. The summed E-state index contributed by atoms with van der Waals surface area (Å²) in [6, 6.07) is 4.55. The molecule has 0 bridgehead atoms. The minimum atomic E-state index is -1.99. The number of aromatic nitrogens is 1. The van der Waals surface area contributed by atoms with Crippen molar-refractivity contribution in [3.05, 3.63) is 41.0 Å². The molecule has 2 unspecified atom stereocenters. The summed E-state index contributed by atoms with van der Waals surface area (Å²) >= 11 is 1.51. The van der Waals surface area contributed by atoms with Crippen LogP contribution in [0.15, 0.2) is 29.8 Å². The van der Waals surface area contributed by atoms with E-state index in [1.165, 1.54) is 16.2 Å². The zero-order chi connectivity index (χ0) is 40.7. The first-order valence-corrected chi connectivity index (χ1v) is 20.1. The molecule has 1 aliphatic carbocycles. The largest absolute Gasteiger partial charge is 0.444 e. The van der Waals surface area contributed by atoms with Crippen LogP contribution in [0, 0.1) is 12.3 Å². The molecule has 1 aliphatic heterocycles. The predicted molar refractivity (Wildman–Crippen MR) is 209 cm³/mol. The molecule has 5 amide bonds. The second-order valence-electron chi connectivity index (χ2n) is 17.0. The van der Waals surface area contributed by atoms with Gasteiger partial charge in [-0.25, -0.2) is 14.2 Å². The van der Waals surface area contributed by atoms with Crippen LogP contribution in [0.5, 0.6) is 0 Å². The van der Waals surface area contributed by atoms with Gasteiger partial charge in [-0.1, -0.05) is 57.9 Å². The number of rotatable bonds is 16. The number of hydrogen-bond acceptors (Lipinski definition) is 9. The molecule has 4 atom stereocenters. The van der Waals surface area contributed by atoms with E-state index in [0.29, 0.717) is 18.7 Å². The highest BCUT2D eigenvalue weighted by molar-refractivity contribution is 7.13. The maximum absolute atomic E-state index is 14.6. The topological polar surface area (TPSA) is 170 Å². The fourth-order valence-corrected chi connectivity index (χ4v) is 7.24. The van der Waals surface area contributed by atoms with Crippen molar-refractivity contribution in [1.82, 2.24) is 30.7 Å². The van der Waals surface area contributed by atoms with Crippen molar-refractivity contribution in [2.45, 2.75) is 135 Å². The molecule has 2 aliphatic rings. The standard InChI is InChI=1S/C40H59FN6O7S/c1-25-32(55-24-43-25)27-15-13-26(14-16-27)29(22-31(49)42-19-11-9-10-12-20-46(8)37(53)54-39(5,6)7)44-34(50)30-21-28(48)23-47(30)35(51)33(38(2,3)4)45-36(52)40(41)17-18-40/h13-16,24,28-30,33,48H,9-12,17-23H2,1-8H3,(H,42,49)(H,44,50)(H,45,52)/t28-,29?,30+,33?/m1/s1. The Hall–Kier alpha value is -4.11. The second-order valence-corrected chi connectivity index (χ2v) is 17.8. The fraction of sp³-hybridized carbons (Fsp3) is 0.650. The third kappa shape index (κ3) is 12.4. The number of hydrogen-bond donors (Lipinski definition) is 4. The number of carbonyl (C=O) groups is 5. The van der Waals surface area contributed by atoms with Crippen molar-refractivity contribution < 1.29 is 38.2 Å². The number of halogens is 1. The Morgan fingerprint density at radius 2 is 1.69 bits per heavy atom. The van der Waals surface area contributed by atoms with Gasteiger partial charge in [-0.15, -0.1) is 11.3 Å². The van der Waals surface area contributed by atoms with Crippen LogP contribution in [0.2, 0.25) is 0 Å². The number of nitrogens with zero attached hydrogens (tertiary/aromatic N) is 3. The highest BCUT2D eigenvalue weighted by atomic mass is 32.1. The van der Waals surface area contributed by atoms with Gasteiger partial charge in [0.15, 0.2) is 5.67 Å². The number of ether oxygens (including phenoxy) is 1. The van der Waals surface area contributed by atoms with Crippen molar-refractivity contribution in [3.63, 3.8) is 0 Å². The Morgan fingerprint density at radius 1 is 1.04 bits per heavy atom. The average Bonchev–Trinajstić information content (AvgIpc) is 3.51. The number of β-amino-alcohol motifs (C(OH)–C–C–N with tert-alkyl or cyclic N) is 1. The van der Waals surface area contributed by atoms with Crippen LogP contribution in [0.3, 0.4) is 0 Å². The first-order chi connectivity index (χ1) is 25.7. The molecule has 15 heteroatoms. The van der Waals surface area contributed by atoms with Gasteiger partial charge in [0.1, 0.15) is 17.7 Å². The van der Waals surface area contributed by atoms with Gasteiger partial charge in [0.05, 0.1) is 34.6 Å². The number of likely N-dealkylation sites (tertiary alicyclic amines) is 1. The number of alkyl halides is 1. The Morgan fingerprint density at radius 3 is 2.27 bits per heavy atom. The van der Waals surface area contributed by atoms with E-state index < -0.39 is 58.6 Å². The van der Waals surface area contributed by atoms with Crippen LogP contribution >= 0.6 is 11.3 Å². The van der Waals surface area contributed by atoms with E-state index in [1.54, 1.807) is 38.2 Å². The van der Waals surface area contributed by atoms with Gasteiger partial charge in [0, 0.05) is 33.1 Å². The van der Waals surface area contributed by atoms with E-state index in [-0.39, 0.29) is 44.2 Å². The van der Waals surface area contributed by atoms with Gasteiger partial charge in [-0.3, -0.25) is 19.2 Å². The molecule has 4 rings (SSSR count). The maximum atomic E-state index is 14.6. The van der Waals surface area contributed by atoms with Crippen molar-refractivity contribution in [3.8, 4) is 10.4 Å². The minimum absolute atomic E-state index is 0.0362. The van der Waals surface area contributed by atoms with Crippen LogP contribution in [-0.4, -0.2) is 106 Å². The summed E-state index contributed by atoms with van der Waals surface area (Å²) in [5.41, 5.74) is 0.927. The summed E-state index contributed by atoms with van der Waals surface area (Å²) in [4.78, 5) is 74.3. The Balaban J connectivity index is 1.40. The summed E-state index contributed by atoms with van der Waals surface area (Å²) in [6.45, 7) is 13.5. The molecule has 2 fully saturated rings. The second kappa shape index (κ2) is 18.2. The first kappa shape index (κ1) is 43.6. The van der Waals surface area contributed by atoms with Gasteiger partial charge in [-0.05, 0) is 69.9 Å². The van der Waals surface area contributed by atoms with Crippen molar-refractivity contribution in [1.29, 1.82) is 0 Å². The van der Waals surface area contributed by atoms with E-state index in [4.69, 9.17) is 4.74 Å². The molecule has 0 spiro atoms. The quantitative estimate of drug-likeness (QED) is 0.168. The van der Waals surface area contributed by atoms with E-state index in [1.807, 2.05) is 52.0 Å². The van der Waals surface area contributed by atoms with E-state index >= 15 is 0 Å². The highest BCUT2D eigenvalue weighted by Gasteiger charge is 2.53. The SMILES string of the molecule is Cc1ncsc1-c1ccc(C(CC(=O)NCCCCCCN(C)C(=O)OC(C)(C)C)NC(=O)[C@@H]2C[C@@H](O)CN2C(=O)C(NC(=O)C2(F)CC2)C(C)(C)C)cc1. The van der Waals surface area contributed by atoms with E-state index in [9.17, 15) is 33.5 Å². The molecule has 1 saturated heterocycles. The third-order valence-electron chi connectivity index (χ3n) is 9.82. The molecular weight excluding hydrogens is 728 g/mol. The molecule has 2 aromatic rings. The van der Waals surface area contributed by atoms with Gasteiger partial charge in [0.25, 0.3) is 5.91 Å². The van der Waals surface area contributed by atoms with Crippen molar-refractivity contribution in [2.75, 3.05) is 26.7 Å². The number of aliphatic hydroxyl groups excluding tert-OH is 1. The van der Waals surface area contributed by atoms with Gasteiger partial charge in [0.2, 0.25) is 17.7 Å². The van der Waals surface area contributed by atoms with Crippen LogP contribution < -0.4 is 16.0 Å². The van der Waals surface area contributed by atoms with Crippen LogP contribution in [0.4, 0.5) is 9.18 Å². The third-order valence-corrected chi connectivity index (χ3v) is 10.8. The zero-order valence-corrected chi connectivity index (χ0v) is 34.3. The summed E-state index contributed by atoms with van der Waals surface area (Å²) in [6.07, 6.45) is 1.95. The lowest BCUT2D eigenvalue weighted by atomic mass is 9.85. The average molecular weight is 787 g/mol. The lowest BCUT2D eigenvalue weighted by molar-refractivity contribution is -0.145. The number of amides is 5. The summed E-state index contributed by atoms with van der Waals surface area (Å²) in [7, 11) is 1.71. The number of thiazole rings is 1. The predicted octanol–water partition coefficient (Wildman–Crippen LogP) is 5.20. The number of nitrogens with one attached hydrogen (secondary N) is 3. The van der Waals surface area contributed by atoms with Crippen molar-refractivity contribution in [2.24, 2.45) is 5.41 Å². The number of benzene rings is 1.